The van der Waals surface area contributed by atoms with Crippen molar-refractivity contribution >= 4 is 5.69 Å². The number of nitrogens with zero attached hydrogens (tertiary/aromatic N) is 2. The van der Waals surface area contributed by atoms with Crippen molar-refractivity contribution in [1.29, 1.82) is 0 Å². The van der Waals surface area contributed by atoms with E-state index in [-0.39, 0.29) is 6.23 Å². The van der Waals surface area contributed by atoms with Gasteiger partial charge in [0.15, 0.2) is 0 Å². The van der Waals surface area contributed by atoms with Crippen LogP contribution < -0.4 is 10.6 Å². The van der Waals surface area contributed by atoms with Crippen molar-refractivity contribution < 1.29 is 4.74 Å². The first-order chi connectivity index (χ1) is 6.36. The highest BCUT2D eigenvalue weighted by atomic mass is 16.5. The molecule has 1 aromatic rings. The Labute approximate surface area is 77.3 Å². The third-order valence-electron chi connectivity index (χ3n) is 2.12. The van der Waals surface area contributed by atoms with E-state index in [0.717, 1.165) is 18.8 Å². The molecule has 0 spiro atoms. The topological polar surface area (TPSA) is 51.4 Å². The monoisotopic (exact) mass is 179 g/mol. The maximum absolute atomic E-state index is 5.68. The van der Waals surface area contributed by atoms with Gasteiger partial charge in [-0.15, -0.1) is 0 Å². The molecule has 1 atom stereocenters. The van der Waals surface area contributed by atoms with E-state index < -0.39 is 0 Å². The number of pyridine rings is 1. The summed E-state index contributed by atoms with van der Waals surface area (Å²) in [7, 11) is 0. The van der Waals surface area contributed by atoms with Crippen LogP contribution in [-0.2, 0) is 4.74 Å². The quantitative estimate of drug-likeness (QED) is 0.669. The number of anilines is 1. The summed E-state index contributed by atoms with van der Waals surface area (Å²) in [6, 6.07) is 3.97. The van der Waals surface area contributed by atoms with Crippen LogP contribution in [0.1, 0.15) is 0 Å². The fraction of sp³-hybridized carbons (Fsp3) is 0.444. The van der Waals surface area contributed by atoms with Crippen LogP contribution in [0, 0.1) is 0 Å². The molecule has 1 unspecified atom stereocenters. The van der Waals surface area contributed by atoms with Crippen LogP contribution in [0.25, 0.3) is 0 Å². The summed E-state index contributed by atoms with van der Waals surface area (Å²) >= 11 is 0. The molecule has 2 heterocycles. The smallest absolute Gasteiger partial charge is 0.123 e. The molecule has 0 bridgehead atoms. The van der Waals surface area contributed by atoms with E-state index in [1.54, 1.807) is 12.4 Å². The van der Waals surface area contributed by atoms with E-state index in [4.69, 9.17) is 10.5 Å². The van der Waals surface area contributed by atoms with E-state index in [1.807, 2.05) is 12.1 Å². The summed E-state index contributed by atoms with van der Waals surface area (Å²) in [5.41, 5.74) is 6.84. The van der Waals surface area contributed by atoms with E-state index in [1.165, 1.54) is 0 Å². The minimum absolute atomic E-state index is 0.165. The van der Waals surface area contributed by atoms with Crippen LogP contribution in [0.2, 0.25) is 0 Å². The van der Waals surface area contributed by atoms with Crippen molar-refractivity contribution in [2.75, 3.05) is 24.6 Å². The van der Waals surface area contributed by atoms with Gasteiger partial charge < -0.3 is 15.4 Å². The number of morpholine rings is 1. The number of aromatic nitrogens is 1. The van der Waals surface area contributed by atoms with Crippen molar-refractivity contribution in [2.24, 2.45) is 5.73 Å². The molecular weight excluding hydrogens is 166 g/mol. The molecule has 1 fully saturated rings. The highest BCUT2D eigenvalue weighted by Crippen LogP contribution is 2.14. The summed E-state index contributed by atoms with van der Waals surface area (Å²) in [4.78, 5) is 6.17. The molecule has 1 aliphatic heterocycles. The average Bonchev–Trinajstić information content (AvgIpc) is 2.19. The molecule has 0 radical (unpaired) electrons. The molecule has 1 aromatic heterocycles. The van der Waals surface area contributed by atoms with E-state index >= 15 is 0 Å². The number of nitrogens with two attached hydrogens (primary N) is 1. The van der Waals surface area contributed by atoms with Gasteiger partial charge in [-0.2, -0.15) is 0 Å². The van der Waals surface area contributed by atoms with Crippen LogP contribution in [-0.4, -0.2) is 30.9 Å². The van der Waals surface area contributed by atoms with E-state index in [0.29, 0.717) is 6.61 Å². The molecule has 13 heavy (non-hydrogen) atoms. The molecule has 0 amide bonds. The van der Waals surface area contributed by atoms with Crippen molar-refractivity contribution in [2.45, 2.75) is 6.23 Å². The highest BCUT2D eigenvalue weighted by Gasteiger charge is 2.16. The van der Waals surface area contributed by atoms with Crippen LogP contribution >= 0.6 is 0 Å². The predicted molar refractivity (Wildman–Crippen MR) is 50.4 cm³/mol. The standard InChI is InChI=1S/C9H13N3O/c10-9-7-12(5-6-13-9)8-1-3-11-4-2-8/h1-4,9H,5-7,10H2. The molecule has 0 aliphatic carbocycles. The first-order valence-corrected chi connectivity index (χ1v) is 4.38. The van der Waals surface area contributed by atoms with Gasteiger partial charge >= 0.3 is 0 Å². The first-order valence-electron chi connectivity index (χ1n) is 4.38. The fourth-order valence-corrected chi connectivity index (χ4v) is 1.46. The van der Waals surface area contributed by atoms with Gasteiger partial charge in [0.25, 0.3) is 0 Å². The first kappa shape index (κ1) is 8.47. The largest absolute Gasteiger partial charge is 0.365 e. The molecule has 0 aromatic carbocycles. The molecule has 1 saturated heterocycles. The van der Waals surface area contributed by atoms with Crippen LogP contribution in [0.4, 0.5) is 5.69 Å². The number of rotatable bonds is 1. The van der Waals surface area contributed by atoms with Gasteiger partial charge in [0, 0.05) is 24.6 Å². The van der Waals surface area contributed by atoms with Crippen molar-refractivity contribution in [1.82, 2.24) is 4.98 Å². The second kappa shape index (κ2) is 3.72. The van der Waals surface area contributed by atoms with Crippen molar-refractivity contribution in [3.8, 4) is 0 Å². The van der Waals surface area contributed by atoms with Gasteiger partial charge in [0.1, 0.15) is 6.23 Å². The SMILES string of the molecule is NC1CN(c2ccncc2)CCO1. The van der Waals surface area contributed by atoms with Crippen molar-refractivity contribution in [3.63, 3.8) is 0 Å². The molecule has 4 heteroatoms. The number of ether oxygens (including phenoxy) is 1. The highest BCUT2D eigenvalue weighted by molar-refractivity contribution is 5.44. The fourth-order valence-electron chi connectivity index (χ4n) is 1.46. The summed E-state index contributed by atoms with van der Waals surface area (Å²) in [5.74, 6) is 0. The Hall–Kier alpha value is -1.13. The zero-order valence-electron chi connectivity index (χ0n) is 7.39. The molecule has 2 rings (SSSR count). The Morgan fingerprint density at radius 2 is 2.23 bits per heavy atom. The van der Waals surface area contributed by atoms with Crippen LogP contribution in [0.5, 0.6) is 0 Å². The minimum Gasteiger partial charge on any atom is -0.365 e. The van der Waals surface area contributed by atoms with Crippen LogP contribution in [0.15, 0.2) is 24.5 Å². The summed E-state index contributed by atoms with van der Waals surface area (Å²) < 4.78 is 5.25. The average molecular weight is 179 g/mol. The molecule has 0 saturated carbocycles. The Morgan fingerprint density at radius 1 is 1.46 bits per heavy atom. The zero-order valence-corrected chi connectivity index (χ0v) is 7.39. The predicted octanol–water partition coefficient (Wildman–Crippen LogP) is 0.203. The lowest BCUT2D eigenvalue weighted by molar-refractivity contribution is 0.0451. The zero-order chi connectivity index (χ0) is 9.10. The van der Waals surface area contributed by atoms with Gasteiger partial charge in [-0.1, -0.05) is 0 Å². The Balaban J connectivity index is 2.08. The third-order valence-corrected chi connectivity index (χ3v) is 2.12. The maximum Gasteiger partial charge on any atom is 0.123 e. The van der Waals surface area contributed by atoms with Crippen molar-refractivity contribution in [3.05, 3.63) is 24.5 Å². The van der Waals surface area contributed by atoms with E-state index in [2.05, 4.69) is 9.88 Å². The second-order valence-corrected chi connectivity index (χ2v) is 3.06. The third kappa shape index (κ3) is 1.96. The lowest BCUT2D eigenvalue weighted by atomic mass is 10.3. The molecule has 1 aliphatic rings. The van der Waals surface area contributed by atoms with Gasteiger partial charge in [-0.25, -0.2) is 0 Å². The summed E-state index contributed by atoms with van der Waals surface area (Å²) in [6.07, 6.45) is 3.41. The molecule has 2 N–H and O–H groups in total. The minimum atomic E-state index is -0.165. The summed E-state index contributed by atoms with van der Waals surface area (Å²) in [6.45, 7) is 2.35. The molecule has 70 valence electrons. The lowest BCUT2D eigenvalue weighted by Crippen LogP contribution is -2.46. The Bertz CT molecular complexity index is 265. The van der Waals surface area contributed by atoms with E-state index in [9.17, 15) is 0 Å². The maximum atomic E-state index is 5.68. The van der Waals surface area contributed by atoms with Gasteiger partial charge in [0.2, 0.25) is 0 Å². The number of hydrogen-bond acceptors (Lipinski definition) is 4. The number of hydrogen-bond donors (Lipinski definition) is 1. The molecule has 4 nitrogen and oxygen atoms in total. The van der Waals surface area contributed by atoms with Gasteiger partial charge in [-0.05, 0) is 12.1 Å². The Kier molecular flexibility index (Phi) is 2.42. The van der Waals surface area contributed by atoms with Gasteiger partial charge in [-0.3, -0.25) is 4.98 Å². The molecular formula is C9H13N3O. The lowest BCUT2D eigenvalue weighted by Gasteiger charge is -2.32. The second-order valence-electron chi connectivity index (χ2n) is 3.06. The van der Waals surface area contributed by atoms with Gasteiger partial charge in [0.05, 0.1) is 13.2 Å². The van der Waals surface area contributed by atoms with Crippen LogP contribution in [0.3, 0.4) is 0 Å². The Morgan fingerprint density at radius 3 is 2.92 bits per heavy atom. The summed E-state index contributed by atoms with van der Waals surface area (Å²) in [5, 5.41) is 0. The normalized spacial score (nSPS) is 23.2.